The summed E-state index contributed by atoms with van der Waals surface area (Å²) in [6.45, 7) is 3.91. The maximum absolute atomic E-state index is 12.2. The van der Waals surface area contributed by atoms with Crippen molar-refractivity contribution in [3.8, 4) is 0 Å². The lowest BCUT2D eigenvalue weighted by Gasteiger charge is -2.30. The minimum Gasteiger partial charge on any atom is -0.360 e. The molecule has 1 aliphatic rings. The number of carbonyl (C=O) groups is 2. The maximum atomic E-state index is 12.2. The van der Waals surface area contributed by atoms with E-state index in [2.05, 4.69) is 15.8 Å². The van der Waals surface area contributed by atoms with Crippen LogP contribution in [0.4, 0.5) is 5.82 Å². The summed E-state index contributed by atoms with van der Waals surface area (Å²) < 4.78 is 29.1. The molecule has 1 fully saturated rings. The summed E-state index contributed by atoms with van der Waals surface area (Å²) in [4.78, 5) is 24.3. The first-order valence-electron chi connectivity index (χ1n) is 7.66. The van der Waals surface area contributed by atoms with Gasteiger partial charge in [0.05, 0.1) is 6.26 Å². The zero-order valence-electron chi connectivity index (χ0n) is 13.9. The Morgan fingerprint density at radius 1 is 1.38 bits per heavy atom. The first-order chi connectivity index (χ1) is 11.2. The van der Waals surface area contributed by atoms with Gasteiger partial charge in [-0.25, -0.2) is 12.7 Å². The van der Waals surface area contributed by atoms with E-state index in [1.807, 2.05) is 0 Å². The number of amides is 2. The van der Waals surface area contributed by atoms with Crippen molar-refractivity contribution >= 4 is 27.7 Å². The van der Waals surface area contributed by atoms with E-state index < -0.39 is 22.0 Å². The number of hydrogen-bond donors (Lipinski definition) is 2. The molecule has 2 N–H and O–H groups in total. The molecule has 0 unspecified atom stereocenters. The predicted molar refractivity (Wildman–Crippen MR) is 86.6 cm³/mol. The van der Waals surface area contributed by atoms with Crippen molar-refractivity contribution < 1.29 is 22.5 Å². The molecule has 2 heterocycles. The number of nitrogens with one attached hydrogen (secondary N) is 2. The van der Waals surface area contributed by atoms with Gasteiger partial charge in [-0.05, 0) is 26.7 Å². The zero-order chi connectivity index (χ0) is 17.9. The van der Waals surface area contributed by atoms with Crippen LogP contribution >= 0.6 is 0 Å². The Bertz CT molecular complexity index is 707. The van der Waals surface area contributed by atoms with E-state index >= 15 is 0 Å². The average molecular weight is 358 g/mol. The first kappa shape index (κ1) is 18.4. The molecular formula is C14H22N4O5S. The van der Waals surface area contributed by atoms with Gasteiger partial charge in [0.15, 0.2) is 5.82 Å². The van der Waals surface area contributed by atoms with Crippen LogP contribution in [0.25, 0.3) is 0 Å². The standard InChI is InChI=1S/C14H22N4O5S/c1-9-8-12(17-23-9)16-13(19)10(2)15-14(20)11-4-6-18(7-5-11)24(3,21)22/h8,10-11H,4-7H2,1-3H3,(H,15,20)(H,16,17,19)/t10-/m0/s1. The highest BCUT2D eigenvalue weighted by Crippen LogP contribution is 2.19. The average Bonchev–Trinajstić information content (AvgIpc) is 2.91. The van der Waals surface area contributed by atoms with Crippen molar-refractivity contribution in [3.63, 3.8) is 0 Å². The molecule has 1 atom stereocenters. The number of aromatic nitrogens is 1. The third-order valence-corrected chi connectivity index (χ3v) is 5.23. The van der Waals surface area contributed by atoms with E-state index in [9.17, 15) is 18.0 Å². The highest BCUT2D eigenvalue weighted by molar-refractivity contribution is 7.88. The van der Waals surface area contributed by atoms with E-state index in [1.165, 1.54) is 4.31 Å². The molecule has 1 aromatic heterocycles. The second-order valence-electron chi connectivity index (χ2n) is 5.98. The first-order valence-corrected chi connectivity index (χ1v) is 9.51. The third-order valence-electron chi connectivity index (χ3n) is 3.93. The van der Waals surface area contributed by atoms with Gasteiger partial charge in [-0.15, -0.1) is 0 Å². The van der Waals surface area contributed by atoms with Gasteiger partial charge in [-0.2, -0.15) is 0 Å². The van der Waals surface area contributed by atoms with Gasteiger partial charge < -0.3 is 15.2 Å². The van der Waals surface area contributed by atoms with Crippen molar-refractivity contribution in [2.75, 3.05) is 24.7 Å². The summed E-state index contributed by atoms with van der Waals surface area (Å²) >= 11 is 0. The topological polar surface area (TPSA) is 122 Å². The number of carbonyl (C=O) groups excluding carboxylic acids is 2. The Morgan fingerprint density at radius 2 is 2.00 bits per heavy atom. The van der Waals surface area contributed by atoms with Crippen LogP contribution in [0, 0.1) is 12.8 Å². The van der Waals surface area contributed by atoms with Crippen LogP contribution in [0.15, 0.2) is 10.6 Å². The van der Waals surface area contributed by atoms with Crippen LogP contribution in [0.1, 0.15) is 25.5 Å². The summed E-state index contributed by atoms with van der Waals surface area (Å²) in [5.74, 6) is -0.0837. The number of aryl methyl sites for hydroxylation is 1. The smallest absolute Gasteiger partial charge is 0.247 e. The van der Waals surface area contributed by atoms with Gasteiger partial charge >= 0.3 is 0 Å². The van der Waals surface area contributed by atoms with Crippen LogP contribution in [0.5, 0.6) is 0 Å². The largest absolute Gasteiger partial charge is 0.360 e. The molecule has 1 aromatic rings. The quantitative estimate of drug-likeness (QED) is 0.770. The Kier molecular flexibility index (Phi) is 5.60. The molecule has 0 aliphatic carbocycles. The molecule has 0 spiro atoms. The van der Waals surface area contributed by atoms with Gasteiger partial charge in [-0.3, -0.25) is 9.59 Å². The fraction of sp³-hybridized carbons (Fsp3) is 0.643. The molecule has 9 nitrogen and oxygen atoms in total. The monoisotopic (exact) mass is 358 g/mol. The molecule has 10 heteroatoms. The van der Waals surface area contributed by atoms with E-state index in [0.717, 1.165) is 6.26 Å². The predicted octanol–water partition coefficient (Wildman–Crippen LogP) is 0.0978. The molecule has 2 rings (SSSR count). The summed E-state index contributed by atoms with van der Waals surface area (Å²) in [5.41, 5.74) is 0. The molecule has 0 radical (unpaired) electrons. The second-order valence-corrected chi connectivity index (χ2v) is 7.96. The molecule has 134 valence electrons. The molecular weight excluding hydrogens is 336 g/mol. The summed E-state index contributed by atoms with van der Waals surface area (Å²) in [7, 11) is -3.22. The lowest BCUT2D eigenvalue weighted by atomic mass is 9.97. The fourth-order valence-corrected chi connectivity index (χ4v) is 3.38. The molecule has 1 aliphatic heterocycles. The number of anilines is 1. The number of hydrogen-bond acceptors (Lipinski definition) is 6. The van der Waals surface area contributed by atoms with Gasteiger partial charge in [0.1, 0.15) is 11.8 Å². The molecule has 24 heavy (non-hydrogen) atoms. The fourth-order valence-electron chi connectivity index (χ4n) is 2.51. The SMILES string of the molecule is Cc1cc(NC(=O)[C@H](C)NC(=O)C2CCN(S(C)(=O)=O)CC2)no1. The normalized spacial score (nSPS) is 18.1. The number of rotatable bonds is 5. The zero-order valence-corrected chi connectivity index (χ0v) is 14.7. The minimum atomic E-state index is -3.22. The van der Waals surface area contributed by atoms with Gasteiger partial charge in [-0.1, -0.05) is 5.16 Å². The van der Waals surface area contributed by atoms with Crippen molar-refractivity contribution in [1.29, 1.82) is 0 Å². The summed E-state index contributed by atoms with van der Waals surface area (Å²) in [5, 5.41) is 8.86. The Labute approximate surface area is 140 Å². The molecule has 0 saturated carbocycles. The van der Waals surface area contributed by atoms with E-state index in [1.54, 1.807) is 19.9 Å². The molecule has 2 amide bonds. The van der Waals surface area contributed by atoms with E-state index in [-0.39, 0.29) is 11.8 Å². The van der Waals surface area contributed by atoms with Crippen molar-refractivity contribution in [2.24, 2.45) is 5.92 Å². The highest BCUT2D eigenvalue weighted by Gasteiger charge is 2.30. The van der Waals surface area contributed by atoms with Crippen LogP contribution in [-0.2, 0) is 19.6 Å². The minimum absolute atomic E-state index is 0.248. The third kappa shape index (κ3) is 4.78. The van der Waals surface area contributed by atoms with E-state index in [0.29, 0.717) is 37.5 Å². The van der Waals surface area contributed by atoms with Gasteiger partial charge in [0.25, 0.3) is 0 Å². The van der Waals surface area contributed by atoms with Crippen molar-refractivity contribution in [1.82, 2.24) is 14.8 Å². The van der Waals surface area contributed by atoms with Crippen LogP contribution in [-0.4, -0.2) is 55.1 Å². The number of sulfonamides is 1. The second kappa shape index (κ2) is 7.31. The lowest BCUT2D eigenvalue weighted by molar-refractivity contribution is -0.129. The van der Waals surface area contributed by atoms with Gasteiger partial charge in [0, 0.05) is 25.1 Å². The maximum Gasteiger partial charge on any atom is 0.247 e. The Hall–Kier alpha value is -1.94. The van der Waals surface area contributed by atoms with Crippen LogP contribution in [0.2, 0.25) is 0 Å². The van der Waals surface area contributed by atoms with Crippen LogP contribution in [0.3, 0.4) is 0 Å². The summed E-state index contributed by atoms with van der Waals surface area (Å²) in [6.07, 6.45) is 2.04. The summed E-state index contributed by atoms with van der Waals surface area (Å²) in [6, 6.07) is 0.843. The lowest BCUT2D eigenvalue weighted by Crippen LogP contribution is -2.47. The number of piperidine rings is 1. The van der Waals surface area contributed by atoms with Gasteiger partial charge in [0.2, 0.25) is 21.8 Å². The molecule has 1 saturated heterocycles. The Morgan fingerprint density at radius 3 is 2.50 bits per heavy atom. The molecule has 0 bridgehead atoms. The van der Waals surface area contributed by atoms with Crippen LogP contribution < -0.4 is 10.6 Å². The van der Waals surface area contributed by atoms with Crippen molar-refractivity contribution in [3.05, 3.63) is 11.8 Å². The number of nitrogens with zero attached hydrogens (tertiary/aromatic N) is 2. The van der Waals surface area contributed by atoms with E-state index in [4.69, 9.17) is 4.52 Å². The Balaban J connectivity index is 1.82. The molecule has 0 aromatic carbocycles. The highest BCUT2D eigenvalue weighted by atomic mass is 32.2. The van der Waals surface area contributed by atoms with Crippen molar-refractivity contribution in [2.45, 2.75) is 32.7 Å².